The van der Waals surface area contributed by atoms with Crippen molar-refractivity contribution in [2.45, 2.75) is 135 Å². The molecule has 61 heavy (non-hydrogen) atoms. The average molecular weight is 889 g/mol. The van der Waals surface area contributed by atoms with Crippen LogP contribution in [0.3, 0.4) is 0 Å². The number of nitro benzene ring substituents is 2. The summed E-state index contributed by atoms with van der Waals surface area (Å²) in [6.45, 7) is 23.7. The van der Waals surface area contributed by atoms with Crippen molar-refractivity contribution in [3.63, 3.8) is 0 Å². The second-order valence-corrected chi connectivity index (χ2v) is 28.7. The van der Waals surface area contributed by atoms with E-state index in [-0.39, 0.29) is 92.7 Å². The van der Waals surface area contributed by atoms with E-state index >= 15 is 0 Å². The molecule has 2 amide bonds. The number of rotatable bonds is 20. The van der Waals surface area contributed by atoms with Crippen molar-refractivity contribution in [3.05, 3.63) is 55.6 Å². The van der Waals surface area contributed by atoms with Gasteiger partial charge in [0, 0.05) is 37.4 Å². The van der Waals surface area contributed by atoms with Crippen LogP contribution in [-0.4, -0.2) is 114 Å². The van der Waals surface area contributed by atoms with Crippen LogP contribution in [0.5, 0.6) is 23.0 Å². The monoisotopic (exact) mass is 888 g/mol. The van der Waals surface area contributed by atoms with Gasteiger partial charge in [-0.1, -0.05) is 41.5 Å². The van der Waals surface area contributed by atoms with Crippen molar-refractivity contribution < 1.29 is 47.2 Å². The number of likely N-dealkylation sites (tertiary alicyclic amines) is 2. The smallest absolute Gasteiger partial charge is 0.312 e. The zero-order valence-electron chi connectivity index (χ0n) is 38.3. The van der Waals surface area contributed by atoms with Crippen LogP contribution in [0, 0.1) is 20.2 Å². The topological polar surface area (TPSA) is 182 Å². The molecule has 0 aliphatic carbocycles. The summed E-state index contributed by atoms with van der Waals surface area (Å²) in [5.41, 5.74) is -0.506. The molecule has 2 fully saturated rings. The van der Waals surface area contributed by atoms with Gasteiger partial charge in [-0.3, -0.25) is 29.8 Å². The Balaban J connectivity index is 1.35. The van der Waals surface area contributed by atoms with Gasteiger partial charge in [0.25, 0.3) is 11.8 Å². The molecule has 0 saturated carbocycles. The fourth-order valence-corrected chi connectivity index (χ4v) is 9.02. The van der Waals surface area contributed by atoms with Crippen molar-refractivity contribution in [3.8, 4) is 23.0 Å². The second-order valence-electron chi connectivity index (χ2n) is 19.0. The van der Waals surface area contributed by atoms with E-state index in [1.165, 1.54) is 38.5 Å². The summed E-state index contributed by atoms with van der Waals surface area (Å²) in [6.07, 6.45) is 4.72. The Morgan fingerprint density at radius 2 is 1.00 bits per heavy atom. The van der Waals surface area contributed by atoms with Gasteiger partial charge >= 0.3 is 11.4 Å². The number of amides is 2. The molecule has 16 nitrogen and oxygen atoms in total. The number of methoxy groups -OCH3 is 2. The van der Waals surface area contributed by atoms with Gasteiger partial charge in [-0.25, -0.2) is 0 Å². The number of nitrogens with zero attached hydrogens (tertiary/aromatic N) is 4. The molecular formula is C43H68N4O12Si2. The Kier molecular flexibility index (Phi) is 16.4. The van der Waals surface area contributed by atoms with Gasteiger partial charge in [0.2, 0.25) is 11.5 Å². The molecule has 2 aliphatic heterocycles. The maximum atomic E-state index is 13.9. The summed E-state index contributed by atoms with van der Waals surface area (Å²) >= 11 is 0. The highest BCUT2D eigenvalue weighted by Gasteiger charge is 2.41. The van der Waals surface area contributed by atoms with Gasteiger partial charge in [0.05, 0.1) is 73.7 Å². The first-order valence-electron chi connectivity index (χ1n) is 21.3. The van der Waals surface area contributed by atoms with Gasteiger partial charge in [-0.15, -0.1) is 0 Å². The molecule has 0 radical (unpaired) electrons. The number of unbranched alkanes of at least 4 members (excludes halogenated alkanes) is 2. The summed E-state index contributed by atoms with van der Waals surface area (Å²) in [6, 6.07) is 4.94. The number of nitro groups is 2. The molecule has 2 heterocycles. The lowest BCUT2D eigenvalue weighted by atomic mass is 10.1. The van der Waals surface area contributed by atoms with Crippen LogP contribution in [-0.2, 0) is 8.85 Å². The maximum absolute atomic E-state index is 13.9. The summed E-state index contributed by atoms with van der Waals surface area (Å²) in [4.78, 5) is 54.4. The minimum absolute atomic E-state index is 0.0159. The normalized spacial score (nSPS) is 17.4. The predicted molar refractivity (Wildman–Crippen MR) is 239 cm³/mol. The van der Waals surface area contributed by atoms with E-state index in [9.17, 15) is 29.8 Å². The fourth-order valence-electron chi connectivity index (χ4n) is 6.94. The minimum atomic E-state index is -2.05. The fraction of sp³-hybridized carbons (Fsp3) is 0.674. The lowest BCUT2D eigenvalue weighted by Gasteiger charge is -2.38. The van der Waals surface area contributed by atoms with Crippen LogP contribution < -0.4 is 18.9 Å². The highest BCUT2D eigenvalue weighted by atomic mass is 28.4. The summed E-state index contributed by atoms with van der Waals surface area (Å²) in [5, 5.41) is 24.4. The van der Waals surface area contributed by atoms with E-state index in [0.29, 0.717) is 45.6 Å². The molecule has 2 atom stereocenters. The predicted octanol–water partition coefficient (Wildman–Crippen LogP) is 9.40. The van der Waals surface area contributed by atoms with Gasteiger partial charge in [-0.05, 0) is 81.2 Å². The first-order valence-corrected chi connectivity index (χ1v) is 27.1. The average Bonchev–Trinajstić information content (AvgIpc) is 3.87. The standard InChI is InChI=1S/C43H68N4O12Si2/c1-42(2,3)60(9,10)58-28-30-18-16-20-44(30)40(48)32-24-34(46(50)51)38(26-36(32)54-7)56-22-14-13-15-23-57-39-27-37(55-8)33(25-35(39)47(52)53)41(49)45-21-17-19-31(45)29-59-61(11,12)43(4,5)6/h24-27,30-31H,13-23,28-29H2,1-12H3/t30-,31?/m0/s1. The van der Waals surface area contributed by atoms with E-state index < -0.39 is 26.5 Å². The second kappa shape index (κ2) is 20.3. The zero-order chi connectivity index (χ0) is 45.5. The lowest BCUT2D eigenvalue weighted by molar-refractivity contribution is -0.386. The highest BCUT2D eigenvalue weighted by Crippen LogP contribution is 2.41. The third-order valence-corrected chi connectivity index (χ3v) is 21.9. The maximum Gasteiger partial charge on any atom is 0.312 e. The van der Waals surface area contributed by atoms with Crippen LogP contribution in [0.2, 0.25) is 36.3 Å². The van der Waals surface area contributed by atoms with Crippen LogP contribution in [0.25, 0.3) is 0 Å². The first-order chi connectivity index (χ1) is 28.4. The molecule has 1 unspecified atom stereocenters. The van der Waals surface area contributed by atoms with Crippen molar-refractivity contribution in [1.82, 2.24) is 9.80 Å². The van der Waals surface area contributed by atoms with Crippen LogP contribution in [0.1, 0.15) is 107 Å². The third kappa shape index (κ3) is 12.0. The minimum Gasteiger partial charge on any atom is -0.496 e. The molecule has 2 aromatic carbocycles. The summed E-state index contributed by atoms with van der Waals surface area (Å²) in [5.74, 6) is -0.389. The van der Waals surface area contributed by atoms with Gasteiger partial charge < -0.3 is 37.6 Å². The van der Waals surface area contributed by atoms with Gasteiger partial charge in [-0.2, -0.15) is 0 Å². The number of carbonyl (C=O) groups is 2. The zero-order valence-corrected chi connectivity index (χ0v) is 40.3. The van der Waals surface area contributed by atoms with E-state index in [1.807, 2.05) is 0 Å². The third-order valence-electron chi connectivity index (χ3n) is 12.9. The van der Waals surface area contributed by atoms with Crippen LogP contribution >= 0.6 is 0 Å². The van der Waals surface area contributed by atoms with E-state index in [1.54, 1.807) is 9.80 Å². The van der Waals surface area contributed by atoms with Gasteiger partial charge in [0.15, 0.2) is 16.6 Å². The Morgan fingerprint density at radius 1 is 0.639 bits per heavy atom. The molecular weight excluding hydrogens is 821 g/mol. The molecule has 0 aromatic heterocycles. The number of benzene rings is 2. The Hall–Kier alpha value is -4.27. The van der Waals surface area contributed by atoms with Crippen molar-refractivity contribution in [1.29, 1.82) is 0 Å². The quantitative estimate of drug-likeness (QED) is 0.0532. The molecule has 2 saturated heterocycles. The summed E-state index contributed by atoms with van der Waals surface area (Å²) in [7, 11) is -1.29. The number of carbonyl (C=O) groups excluding carboxylic acids is 2. The molecule has 0 spiro atoms. The number of hydrogen-bond acceptors (Lipinski definition) is 12. The van der Waals surface area contributed by atoms with Crippen LogP contribution in [0.4, 0.5) is 11.4 Å². The SMILES string of the molecule is COc1cc(OCCCCCOc2cc(OC)c(C(=O)N3CCC[C@H]3CO[Si](C)(C)C(C)(C)C)cc2[N+](=O)[O-])c([N+](=O)[O-])cc1C(=O)N1CCCC1CO[Si](C)(C)C(C)(C)C. The molecule has 2 aromatic rings. The largest absolute Gasteiger partial charge is 0.496 e. The number of hydrogen-bond donors (Lipinski definition) is 0. The molecule has 0 bridgehead atoms. The highest BCUT2D eigenvalue weighted by molar-refractivity contribution is 6.74. The molecule has 2 aliphatic rings. The molecule has 340 valence electrons. The first kappa shape index (κ1) is 49.4. The van der Waals surface area contributed by atoms with Crippen molar-refractivity contribution in [2.75, 3.05) is 53.7 Å². The van der Waals surface area contributed by atoms with E-state index in [4.69, 9.17) is 27.8 Å². The molecule has 0 N–H and O–H groups in total. The van der Waals surface area contributed by atoms with Gasteiger partial charge in [0.1, 0.15) is 11.5 Å². The lowest BCUT2D eigenvalue weighted by Crippen LogP contribution is -2.46. The van der Waals surface area contributed by atoms with Crippen molar-refractivity contribution in [2.24, 2.45) is 0 Å². The summed E-state index contributed by atoms with van der Waals surface area (Å²) < 4.78 is 35.7. The molecule has 4 rings (SSSR count). The van der Waals surface area contributed by atoms with E-state index in [0.717, 1.165) is 25.7 Å². The van der Waals surface area contributed by atoms with Crippen molar-refractivity contribution >= 4 is 39.8 Å². The Bertz CT molecular complexity index is 1760. The van der Waals surface area contributed by atoms with E-state index in [2.05, 4.69) is 67.7 Å². The number of ether oxygens (including phenoxy) is 4. The Morgan fingerprint density at radius 3 is 1.31 bits per heavy atom. The Labute approximate surface area is 363 Å². The molecule has 18 heteroatoms. The van der Waals surface area contributed by atoms with Crippen LogP contribution in [0.15, 0.2) is 24.3 Å².